The van der Waals surface area contributed by atoms with Crippen LogP contribution in [-0.4, -0.2) is 29.9 Å². The molecule has 0 spiro atoms. The van der Waals surface area contributed by atoms with Crippen LogP contribution >= 0.6 is 0 Å². The SMILES string of the molecule is Cc1ccc(-c2c(NS(=O)(=O)c3ccccc3)nn(CCCO)c2C(F)(F)F)cc1F. The molecule has 0 aliphatic rings. The molecule has 11 heteroatoms. The van der Waals surface area contributed by atoms with Crippen molar-refractivity contribution in [1.82, 2.24) is 9.78 Å². The first-order valence-corrected chi connectivity index (χ1v) is 10.7. The van der Waals surface area contributed by atoms with E-state index in [-0.39, 0.29) is 29.0 Å². The minimum Gasteiger partial charge on any atom is -0.396 e. The monoisotopic (exact) mass is 457 g/mol. The lowest BCUT2D eigenvalue weighted by molar-refractivity contribution is -0.143. The first-order chi connectivity index (χ1) is 14.5. The van der Waals surface area contributed by atoms with Crippen molar-refractivity contribution in [3.8, 4) is 11.1 Å². The maximum absolute atomic E-state index is 14.2. The van der Waals surface area contributed by atoms with Crippen molar-refractivity contribution >= 4 is 15.8 Å². The van der Waals surface area contributed by atoms with Crippen LogP contribution in [0, 0.1) is 12.7 Å². The fourth-order valence-corrected chi connectivity index (χ4v) is 4.04. The van der Waals surface area contributed by atoms with Crippen molar-refractivity contribution in [2.24, 2.45) is 0 Å². The minimum atomic E-state index is -4.92. The van der Waals surface area contributed by atoms with Crippen LogP contribution in [0.3, 0.4) is 0 Å². The summed E-state index contributed by atoms with van der Waals surface area (Å²) in [5.74, 6) is -1.33. The van der Waals surface area contributed by atoms with E-state index in [1.165, 1.54) is 43.3 Å². The van der Waals surface area contributed by atoms with E-state index < -0.39 is 45.7 Å². The lowest BCUT2D eigenvalue weighted by Crippen LogP contribution is -2.16. The molecule has 2 N–H and O–H groups in total. The molecule has 0 saturated heterocycles. The normalized spacial score (nSPS) is 12.2. The Morgan fingerprint density at radius 3 is 2.39 bits per heavy atom. The number of hydrogen-bond donors (Lipinski definition) is 2. The van der Waals surface area contributed by atoms with E-state index in [1.807, 2.05) is 0 Å². The number of rotatable bonds is 7. The highest BCUT2D eigenvalue weighted by molar-refractivity contribution is 7.92. The first-order valence-electron chi connectivity index (χ1n) is 9.18. The molecule has 1 aromatic heterocycles. The molecule has 0 atom stereocenters. The quantitative estimate of drug-likeness (QED) is 0.521. The maximum Gasteiger partial charge on any atom is 0.433 e. The third kappa shape index (κ3) is 4.88. The summed E-state index contributed by atoms with van der Waals surface area (Å²) in [5.41, 5.74) is -1.80. The van der Waals surface area contributed by atoms with Gasteiger partial charge < -0.3 is 5.11 Å². The standard InChI is InChI=1S/C20H19F4N3O3S/c1-13-8-9-14(12-16(13)21)17-18(20(22,23)24)27(10-5-11-28)25-19(17)26-31(29,30)15-6-3-2-4-7-15/h2-4,6-9,12,28H,5,10-11H2,1H3,(H,25,26). The van der Waals surface area contributed by atoms with Crippen LogP contribution in [0.2, 0.25) is 0 Å². The molecule has 1 heterocycles. The molecule has 0 aliphatic carbocycles. The predicted octanol–water partition coefficient (Wildman–Crippen LogP) is 4.20. The van der Waals surface area contributed by atoms with E-state index in [1.54, 1.807) is 6.07 Å². The van der Waals surface area contributed by atoms with E-state index in [0.717, 1.165) is 6.07 Å². The topological polar surface area (TPSA) is 84.2 Å². The zero-order valence-corrected chi connectivity index (χ0v) is 17.1. The van der Waals surface area contributed by atoms with E-state index >= 15 is 0 Å². The van der Waals surface area contributed by atoms with E-state index in [2.05, 4.69) is 9.82 Å². The van der Waals surface area contributed by atoms with Gasteiger partial charge in [-0.25, -0.2) is 12.8 Å². The van der Waals surface area contributed by atoms with Gasteiger partial charge in [-0.2, -0.15) is 18.3 Å². The molecular formula is C20H19F4N3O3S. The van der Waals surface area contributed by atoms with Gasteiger partial charge in [0.05, 0.1) is 10.5 Å². The number of hydrogen-bond acceptors (Lipinski definition) is 4. The maximum atomic E-state index is 14.2. The molecule has 2 aromatic carbocycles. The van der Waals surface area contributed by atoms with Gasteiger partial charge in [0.1, 0.15) is 5.82 Å². The second kappa shape index (κ2) is 8.67. The summed E-state index contributed by atoms with van der Waals surface area (Å²) in [6, 6.07) is 10.5. The second-order valence-electron chi connectivity index (χ2n) is 6.75. The smallest absolute Gasteiger partial charge is 0.396 e. The van der Waals surface area contributed by atoms with Crippen molar-refractivity contribution < 1.29 is 31.1 Å². The van der Waals surface area contributed by atoms with Crippen molar-refractivity contribution in [2.75, 3.05) is 11.3 Å². The highest BCUT2D eigenvalue weighted by Gasteiger charge is 2.41. The summed E-state index contributed by atoms with van der Waals surface area (Å²) < 4.78 is 84.2. The van der Waals surface area contributed by atoms with Gasteiger partial charge in [-0.1, -0.05) is 30.3 Å². The Kier molecular flexibility index (Phi) is 6.37. The third-order valence-electron chi connectivity index (χ3n) is 4.49. The Balaban J connectivity index is 2.24. The fraction of sp³-hybridized carbons (Fsp3) is 0.250. The number of aryl methyl sites for hydroxylation is 2. The summed E-state index contributed by atoms with van der Waals surface area (Å²) in [5, 5.41) is 12.9. The highest BCUT2D eigenvalue weighted by Crippen LogP contribution is 2.42. The van der Waals surface area contributed by atoms with E-state index in [0.29, 0.717) is 4.68 Å². The Bertz CT molecular complexity index is 1180. The average Bonchev–Trinajstić information content (AvgIpc) is 3.07. The van der Waals surface area contributed by atoms with Gasteiger partial charge in [0.2, 0.25) is 0 Å². The number of aromatic nitrogens is 2. The number of nitrogens with one attached hydrogen (secondary N) is 1. The number of anilines is 1. The van der Waals surface area contributed by atoms with Gasteiger partial charge in [0.15, 0.2) is 11.5 Å². The zero-order valence-electron chi connectivity index (χ0n) is 16.3. The summed E-state index contributed by atoms with van der Waals surface area (Å²) >= 11 is 0. The third-order valence-corrected chi connectivity index (χ3v) is 5.85. The summed E-state index contributed by atoms with van der Waals surface area (Å²) in [6.45, 7) is 0.740. The molecule has 3 rings (SSSR count). The predicted molar refractivity (Wildman–Crippen MR) is 106 cm³/mol. The van der Waals surface area contributed by atoms with Crippen LogP contribution in [0.4, 0.5) is 23.4 Å². The van der Waals surface area contributed by atoms with Crippen molar-refractivity contribution in [3.63, 3.8) is 0 Å². The highest BCUT2D eigenvalue weighted by atomic mass is 32.2. The average molecular weight is 457 g/mol. The number of nitrogens with zero attached hydrogens (tertiary/aromatic N) is 2. The van der Waals surface area contributed by atoms with Gasteiger partial charge >= 0.3 is 6.18 Å². The Morgan fingerprint density at radius 1 is 1.13 bits per heavy atom. The number of sulfonamides is 1. The molecule has 3 aromatic rings. The van der Waals surface area contributed by atoms with Gasteiger partial charge in [0, 0.05) is 13.2 Å². The largest absolute Gasteiger partial charge is 0.433 e. The lowest BCUT2D eigenvalue weighted by Gasteiger charge is -2.13. The summed E-state index contributed by atoms with van der Waals surface area (Å²) in [6.07, 6.45) is -4.97. The van der Waals surface area contributed by atoms with Crippen LogP contribution in [0.1, 0.15) is 17.7 Å². The van der Waals surface area contributed by atoms with Gasteiger partial charge in [0.25, 0.3) is 10.0 Å². The summed E-state index contributed by atoms with van der Waals surface area (Å²) in [4.78, 5) is -0.172. The zero-order chi connectivity index (χ0) is 22.8. The molecule has 31 heavy (non-hydrogen) atoms. The number of halogens is 4. The molecule has 0 saturated carbocycles. The van der Waals surface area contributed by atoms with E-state index in [9.17, 15) is 26.0 Å². The van der Waals surface area contributed by atoms with Gasteiger partial charge in [-0.05, 0) is 42.7 Å². The minimum absolute atomic E-state index is 0.0443. The molecule has 0 aliphatic heterocycles. The molecule has 0 bridgehead atoms. The second-order valence-corrected chi connectivity index (χ2v) is 8.44. The first kappa shape index (κ1) is 22.8. The molecule has 0 fully saturated rings. The molecule has 6 nitrogen and oxygen atoms in total. The number of aliphatic hydroxyl groups excluding tert-OH is 1. The van der Waals surface area contributed by atoms with Crippen LogP contribution in [0.15, 0.2) is 53.4 Å². The van der Waals surface area contributed by atoms with Crippen molar-refractivity contribution in [2.45, 2.75) is 31.0 Å². The Hall–Kier alpha value is -2.92. The van der Waals surface area contributed by atoms with E-state index in [4.69, 9.17) is 5.11 Å². The number of benzene rings is 2. The molecule has 166 valence electrons. The van der Waals surface area contributed by atoms with Gasteiger partial charge in [-0.15, -0.1) is 0 Å². The Labute approximate surface area is 176 Å². The van der Waals surface area contributed by atoms with Crippen molar-refractivity contribution in [1.29, 1.82) is 0 Å². The fourth-order valence-electron chi connectivity index (χ4n) is 3.01. The van der Waals surface area contributed by atoms with Crippen LogP contribution in [-0.2, 0) is 22.7 Å². The molecule has 0 amide bonds. The van der Waals surface area contributed by atoms with Crippen LogP contribution < -0.4 is 4.72 Å². The number of alkyl halides is 3. The van der Waals surface area contributed by atoms with Gasteiger partial charge in [-0.3, -0.25) is 9.40 Å². The molecule has 0 radical (unpaired) electrons. The van der Waals surface area contributed by atoms with Crippen LogP contribution in [0.5, 0.6) is 0 Å². The lowest BCUT2D eigenvalue weighted by atomic mass is 10.0. The molecular weight excluding hydrogens is 438 g/mol. The summed E-state index contributed by atoms with van der Waals surface area (Å²) in [7, 11) is -4.27. The Morgan fingerprint density at radius 2 is 1.81 bits per heavy atom. The molecule has 0 unspecified atom stereocenters. The van der Waals surface area contributed by atoms with Crippen LogP contribution in [0.25, 0.3) is 11.1 Å². The van der Waals surface area contributed by atoms with Crippen molar-refractivity contribution in [3.05, 3.63) is 65.6 Å². The number of aliphatic hydroxyl groups is 1.